The number of benzene rings is 1. The lowest BCUT2D eigenvalue weighted by atomic mass is 10.0. The van der Waals surface area contributed by atoms with Crippen LogP contribution in [0.2, 0.25) is 0 Å². The van der Waals surface area contributed by atoms with E-state index in [1.54, 1.807) is 25.1 Å². The topological polar surface area (TPSA) is 73.9 Å². The summed E-state index contributed by atoms with van der Waals surface area (Å²) in [7, 11) is 0. The maximum atomic E-state index is 12.9. The van der Waals surface area contributed by atoms with Crippen LogP contribution in [0.15, 0.2) is 18.2 Å². The molecule has 0 aromatic heterocycles. The Labute approximate surface area is 161 Å². The molecule has 1 saturated carbocycles. The van der Waals surface area contributed by atoms with Crippen molar-refractivity contribution >= 4 is 17.6 Å². The van der Waals surface area contributed by atoms with Gasteiger partial charge in [-0.1, -0.05) is 6.92 Å². The van der Waals surface area contributed by atoms with Gasteiger partial charge in [0.25, 0.3) is 5.91 Å². The molecular formula is C21H31NO5. The second kappa shape index (κ2) is 9.74. The van der Waals surface area contributed by atoms with Crippen LogP contribution in [0.5, 0.6) is 5.75 Å². The Kier molecular flexibility index (Phi) is 7.66. The van der Waals surface area contributed by atoms with Gasteiger partial charge >= 0.3 is 5.97 Å². The summed E-state index contributed by atoms with van der Waals surface area (Å²) in [5.41, 5.74) is 0.0717. The lowest BCUT2D eigenvalue weighted by molar-refractivity contribution is -0.140. The third kappa shape index (κ3) is 5.22. The maximum Gasteiger partial charge on any atom is 0.341 e. The maximum absolute atomic E-state index is 12.9. The average molecular weight is 377 g/mol. The Hall–Kier alpha value is -2.08. The molecule has 0 spiro atoms. The number of carbonyl (C=O) groups excluding carboxylic acids is 2. The minimum Gasteiger partial charge on any atom is -0.490 e. The lowest BCUT2D eigenvalue weighted by Crippen LogP contribution is -2.43. The Morgan fingerprint density at radius 2 is 1.85 bits per heavy atom. The molecule has 0 heterocycles. The number of rotatable bonds is 9. The molecule has 1 fully saturated rings. The van der Waals surface area contributed by atoms with Crippen LogP contribution in [-0.4, -0.2) is 36.8 Å². The molecule has 1 aromatic carbocycles. The van der Waals surface area contributed by atoms with E-state index >= 15 is 0 Å². The fourth-order valence-electron chi connectivity index (χ4n) is 3.28. The van der Waals surface area contributed by atoms with Crippen LogP contribution in [0, 0.1) is 0 Å². The zero-order valence-electron chi connectivity index (χ0n) is 16.8. The Morgan fingerprint density at radius 3 is 2.44 bits per heavy atom. The van der Waals surface area contributed by atoms with E-state index < -0.39 is 11.6 Å². The Balaban J connectivity index is 2.25. The van der Waals surface area contributed by atoms with Gasteiger partial charge in [-0.25, -0.2) is 4.79 Å². The van der Waals surface area contributed by atoms with E-state index in [2.05, 4.69) is 5.32 Å². The second-order valence-electron chi connectivity index (χ2n) is 6.86. The number of carbonyl (C=O) groups is 2. The zero-order chi connectivity index (χ0) is 19.9. The van der Waals surface area contributed by atoms with Crippen molar-refractivity contribution in [1.82, 2.24) is 0 Å². The van der Waals surface area contributed by atoms with E-state index in [1.165, 1.54) is 0 Å². The van der Waals surface area contributed by atoms with Crippen molar-refractivity contribution in [2.75, 3.05) is 18.5 Å². The van der Waals surface area contributed by atoms with Crippen molar-refractivity contribution in [2.45, 2.75) is 71.5 Å². The molecule has 0 bridgehead atoms. The van der Waals surface area contributed by atoms with Crippen LogP contribution in [0.3, 0.4) is 0 Å². The summed E-state index contributed by atoms with van der Waals surface area (Å²) in [6.07, 6.45) is 4.17. The van der Waals surface area contributed by atoms with Gasteiger partial charge < -0.3 is 19.5 Å². The standard InChI is InChI=1S/C21H31NO5/c1-5-15(4)27-18-11-10-16(14-17(18)19(23)25-6-2)22-20(24)21(26-7-3)12-8-9-13-21/h10-11,14-15H,5-9,12-13H2,1-4H3,(H,22,24)/t15-/m0/s1. The molecule has 1 atom stereocenters. The van der Waals surface area contributed by atoms with Crippen molar-refractivity contribution in [1.29, 1.82) is 0 Å². The van der Waals surface area contributed by atoms with Crippen molar-refractivity contribution in [2.24, 2.45) is 0 Å². The van der Waals surface area contributed by atoms with E-state index in [0.29, 0.717) is 36.4 Å². The number of esters is 1. The van der Waals surface area contributed by atoms with Crippen LogP contribution in [0.4, 0.5) is 5.69 Å². The predicted octanol–water partition coefficient (Wildman–Crippen LogP) is 4.33. The molecule has 1 N–H and O–H groups in total. The van der Waals surface area contributed by atoms with E-state index in [-0.39, 0.29) is 18.6 Å². The molecule has 6 nitrogen and oxygen atoms in total. The average Bonchev–Trinajstić information content (AvgIpc) is 3.13. The van der Waals surface area contributed by atoms with Crippen molar-refractivity contribution in [3.05, 3.63) is 23.8 Å². The molecule has 0 radical (unpaired) electrons. The number of hydrogen-bond acceptors (Lipinski definition) is 5. The smallest absolute Gasteiger partial charge is 0.341 e. The highest BCUT2D eigenvalue weighted by atomic mass is 16.5. The summed E-state index contributed by atoms with van der Waals surface area (Å²) >= 11 is 0. The van der Waals surface area contributed by atoms with Gasteiger partial charge in [0, 0.05) is 12.3 Å². The zero-order valence-corrected chi connectivity index (χ0v) is 16.8. The highest BCUT2D eigenvalue weighted by Gasteiger charge is 2.42. The van der Waals surface area contributed by atoms with Gasteiger partial charge in [0.1, 0.15) is 16.9 Å². The van der Waals surface area contributed by atoms with Crippen LogP contribution in [0.1, 0.15) is 70.2 Å². The molecule has 1 aliphatic rings. The molecule has 27 heavy (non-hydrogen) atoms. The largest absolute Gasteiger partial charge is 0.490 e. The highest BCUT2D eigenvalue weighted by Crippen LogP contribution is 2.35. The third-order valence-electron chi connectivity index (χ3n) is 4.88. The number of amides is 1. The number of ether oxygens (including phenoxy) is 3. The molecule has 1 aromatic rings. The van der Waals surface area contributed by atoms with Gasteiger partial charge in [0.05, 0.1) is 12.7 Å². The van der Waals surface area contributed by atoms with E-state index in [9.17, 15) is 9.59 Å². The minimum absolute atomic E-state index is 0.0293. The lowest BCUT2D eigenvalue weighted by Gasteiger charge is -2.27. The molecule has 1 amide bonds. The first kappa shape index (κ1) is 21.2. The fourth-order valence-corrected chi connectivity index (χ4v) is 3.28. The SMILES string of the molecule is CCOC(=O)c1cc(NC(=O)C2(OCC)CCCC2)ccc1O[C@@H](C)CC. The summed E-state index contributed by atoms with van der Waals surface area (Å²) in [4.78, 5) is 25.2. The third-order valence-corrected chi connectivity index (χ3v) is 4.88. The minimum atomic E-state index is -0.773. The van der Waals surface area contributed by atoms with Crippen LogP contribution >= 0.6 is 0 Å². The monoisotopic (exact) mass is 377 g/mol. The van der Waals surface area contributed by atoms with Gasteiger partial charge in [-0.05, 0) is 71.1 Å². The van der Waals surface area contributed by atoms with E-state index in [4.69, 9.17) is 14.2 Å². The highest BCUT2D eigenvalue weighted by molar-refractivity contribution is 6.00. The molecule has 0 saturated heterocycles. The molecule has 2 rings (SSSR count). The number of anilines is 1. The van der Waals surface area contributed by atoms with E-state index in [1.807, 2.05) is 20.8 Å². The van der Waals surface area contributed by atoms with E-state index in [0.717, 1.165) is 19.3 Å². The molecule has 0 unspecified atom stereocenters. The summed E-state index contributed by atoms with van der Waals surface area (Å²) in [5, 5.41) is 2.91. The predicted molar refractivity (Wildman–Crippen MR) is 104 cm³/mol. The number of hydrogen-bond donors (Lipinski definition) is 1. The first-order valence-electron chi connectivity index (χ1n) is 9.89. The van der Waals surface area contributed by atoms with Crippen LogP contribution in [-0.2, 0) is 14.3 Å². The molecule has 150 valence electrons. The van der Waals surface area contributed by atoms with Crippen molar-refractivity contribution < 1.29 is 23.8 Å². The quantitative estimate of drug-likeness (QED) is 0.649. The summed E-state index contributed by atoms with van der Waals surface area (Å²) in [6.45, 7) is 8.36. The summed E-state index contributed by atoms with van der Waals surface area (Å²) in [5.74, 6) is -0.166. The Morgan fingerprint density at radius 1 is 1.15 bits per heavy atom. The Bertz CT molecular complexity index is 652. The normalized spacial score (nSPS) is 16.6. The van der Waals surface area contributed by atoms with Crippen molar-refractivity contribution in [3.8, 4) is 5.75 Å². The summed E-state index contributed by atoms with van der Waals surface area (Å²) < 4.78 is 16.8. The second-order valence-corrected chi connectivity index (χ2v) is 6.86. The molecule has 0 aliphatic heterocycles. The molecule has 6 heteroatoms. The van der Waals surface area contributed by atoms with Crippen LogP contribution < -0.4 is 10.1 Å². The molecular weight excluding hydrogens is 346 g/mol. The van der Waals surface area contributed by atoms with Gasteiger partial charge in [0.15, 0.2) is 0 Å². The first-order valence-corrected chi connectivity index (χ1v) is 9.89. The van der Waals surface area contributed by atoms with Gasteiger partial charge in [-0.15, -0.1) is 0 Å². The van der Waals surface area contributed by atoms with Crippen LogP contribution in [0.25, 0.3) is 0 Å². The van der Waals surface area contributed by atoms with Gasteiger partial charge in [-0.2, -0.15) is 0 Å². The fraction of sp³-hybridized carbons (Fsp3) is 0.619. The molecule has 1 aliphatic carbocycles. The van der Waals surface area contributed by atoms with Gasteiger partial charge in [0.2, 0.25) is 0 Å². The van der Waals surface area contributed by atoms with Gasteiger partial charge in [-0.3, -0.25) is 4.79 Å². The van der Waals surface area contributed by atoms with Crippen molar-refractivity contribution in [3.63, 3.8) is 0 Å². The number of nitrogens with one attached hydrogen (secondary N) is 1. The summed E-state index contributed by atoms with van der Waals surface area (Å²) in [6, 6.07) is 5.06. The first-order chi connectivity index (χ1) is 13.0.